The molecule has 0 aromatic heterocycles. The van der Waals surface area contributed by atoms with E-state index in [9.17, 15) is 22.8 Å². The highest BCUT2D eigenvalue weighted by molar-refractivity contribution is 6.01. The van der Waals surface area contributed by atoms with Crippen LogP contribution in [0.5, 0.6) is 5.75 Å². The van der Waals surface area contributed by atoms with Crippen LogP contribution in [-0.4, -0.2) is 30.9 Å². The Kier molecular flexibility index (Phi) is 5.71. The van der Waals surface area contributed by atoms with E-state index in [1.165, 1.54) is 37.4 Å². The molecule has 0 aliphatic rings. The maximum Gasteiger partial charge on any atom is 0.335 e. The second-order valence-corrected chi connectivity index (χ2v) is 5.22. The van der Waals surface area contributed by atoms with Gasteiger partial charge in [0, 0.05) is 11.3 Å². The Morgan fingerprint density at radius 1 is 1.15 bits per heavy atom. The normalized spacial score (nSPS) is 10.9. The van der Waals surface area contributed by atoms with Gasteiger partial charge >= 0.3 is 17.9 Å². The number of urea groups is 1. The largest absolute Gasteiger partial charge is 0.495 e. The van der Waals surface area contributed by atoms with Gasteiger partial charge < -0.3 is 20.5 Å². The number of anilines is 2. The van der Waals surface area contributed by atoms with Crippen LogP contribution in [0.25, 0.3) is 0 Å². The maximum absolute atomic E-state index is 13.5. The molecule has 2 aromatic carbocycles. The summed E-state index contributed by atoms with van der Waals surface area (Å²) >= 11 is 0. The van der Waals surface area contributed by atoms with Crippen LogP contribution in [0, 0.1) is 0 Å². The van der Waals surface area contributed by atoms with Crippen molar-refractivity contribution < 1.29 is 32.6 Å². The Balaban J connectivity index is 2.21. The lowest BCUT2D eigenvalue weighted by atomic mass is 10.1. The molecule has 0 heterocycles. The van der Waals surface area contributed by atoms with Gasteiger partial charge in [0.05, 0.1) is 18.4 Å². The highest BCUT2D eigenvalue weighted by Gasteiger charge is 2.32. The molecule has 6 nitrogen and oxygen atoms in total. The quantitative estimate of drug-likeness (QED) is 0.716. The minimum absolute atomic E-state index is 0.0371. The van der Waals surface area contributed by atoms with Crippen molar-refractivity contribution in [1.29, 1.82) is 0 Å². The molecule has 26 heavy (non-hydrogen) atoms. The fourth-order valence-electron chi connectivity index (χ4n) is 2.12. The monoisotopic (exact) mass is 368 g/mol. The summed E-state index contributed by atoms with van der Waals surface area (Å²) in [5, 5.41) is 13.6. The summed E-state index contributed by atoms with van der Waals surface area (Å²) in [5.74, 6) is -4.77. The Morgan fingerprint density at radius 2 is 1.88 bits per heavy atom. The number of nitrogens with one attached hydrogen (secondary N) is 2. The number of hydrogen-bond donors (Lipinski definition) is 3. The van der Waals surface area contributed by atoms with Gasteiger partial charge in [-0.1, -0.05) is 6.07 Å². The zero-order chi connectivity index (χ0) is 19.3. The van der Waals surface area contributed by atoms with Crippen molar-refractivity contribution >= 4 is 23.4 Å². The molecule has 0 aliphatic heterocycles. The standard InChI is InChI=1S/C17H15F3N2O4/c1-26-14-6-5-11(17(19,20)9-18)8-13(14)22-16(25)21-12-4-2-3-10(7-12)15(23)24/h2-8H,9H2,1H3,(H,23,24)(H2,21,22,25). The van der Waals surface area contributed by atoms with Crippen LogP contribution < -0.4 is 15.4 Å². The second-order valence-electron chi connectivity index (χ2n) is 5.22. The summed E-state index contributed by atoms with van der Waals surface area (Å²) in [6, 6.07) is 7.73. The van der Waals surface area contributed by atoms with Gasteiger partial charge in [-0.05, 0) is 36.4 Å². The summed E-state index contributed by atoms with van der Waals surface area (Å²) in [6.07, 6.45) is 0. The zero-order valence-corrected chi connectivity index (χ0v) is 13.6. The molecule has 0 spiro atoms. The van der Waals surface area contributed by atoms with Crippen molar-refractivity contribution in [3.63, 3.8) is 0 Å². The number of carboxylic acids is 1. The van der Waals surface area contributed by atoms with E-state index in [2.05, 4.69) is 10.6 Å². The van der Waals surface area contributed by atoms with Gasteiger partial charge in [-0.25, -0.2) is 14.0 Å². The van der Waals surface area contributed by atoms with Crippen LogP contribution in [0.1, 0.15) is 15.9 Å². The van der Waals surface area contributed by atoms with Crippen molar-refractivity contribution in [2.24, 2.45) is 0 Å². The number of amides is 2. The van der Waals surface area contributed by atoms with Gasteiger partial charge in [-0.3, -0.25) is 0 Å². The Morgan fingerprint density at radius 3 is 2.50 bits per heavy atom. The fourth-order valence-corrected chi connectivity index (χ4v) is 2.12. The highest BCUT2D eigenvalue weighted by atomic mass is 19.3. The maximum atomic E-state index is 13.5. The van der Waals surface area contributed by atoms with Gasteiger partial charge in [0.25, 0.3) is 0 Å². The lowest BCUT2D eigenvalue weighted by Gasteiger charge is -2.16. The van der Waals surface area contributed by atoms with Crippen LogP contribution in [0.15, 0.2) is 42.5 Å². The predicted octanol–water partition coefficient (Wildman–Crippen LogP) is 4.10. The van der Waals surface area contributed by atoms with Gasteiger partial charge in [-0.15, -0.1) is 0 Å². The summed E-state index contributed by atoms with van der Waals surface area (Å²) in [6.45, 7) is -1.88. The smallest absolute Gasteiger partial charge is 0.335 e. The number of carbonyl (C=O) groups excluding carboxylic acids is 1. The van der Waals surface area contributed by atoms with Crippen molar-refractivity contribution in [2.75, 3.05) is 24.4 Å². The molecule has 0 saturated carbocycles. The van der Waals surface area contributed by atoms with Crippen LogP contribution in [0.2, 0.25) is 0 Å². The number of methoxy groups -OCH3 is 1. The summed E-state index contributed by atoms with van der Waals surface area (Å²) < 4.78 is 44.5. The highest BCUT2D eigenvalue weighted by Crippen LogP contribution is 2.34. The average Bonchev–Trinajstić information content (AvgIpc) is 2.61. The van der Waals surface area contributed by atoms with E-state index in [0.29, 0.717) is 0 Å². The molecule has 0 bridgehead atoms. The molecule has 0 aliphatic carbocycles. The number of carboxylic acid groups (broad SMARTS) is 1. The molecular formula is C17H15F3N2O4. The first kappa shape index (κ1) is 19.1. The van der Waals surface area contributed by atoms with E-state index in [1.54, 1.807) is 0 Å². The third kappa shape index (κ3) is 4.44. The Bertz CT molecular complexity index is 827. The lowest BCUT2D eigenvalue weighted by molar-refractivity contribution is -0.0280. The molecule has 0 fully saturated rings. The van der Waals surface area contributed by atoms with Crippen molar-refractivity contribution in [2.45, 2.75) is 5.92 Å². The number of rotatable bonds is 6. The fraction of sp³-hybridized carbons (Fsp3) is 0.176. The number of carbonyl (C=O) groups is 2. The molecule has 3 N–H and O–H groups in total. The average molecular weight is 368 g/mol. The Hall–Kier alpha value is -3.23. The summed E-state index contributed by atoms with van der Waals surface area (Å²) in [5.41, 5.74) is -0.564. The molecular weight excluding hydrogens is 353 g/mol. The molecule has 138 valence electrons. The second kappa shape index (κ2) is 7.77. The molecule has 0 radical (unpaired) electrons. The predicted molar refractivity (Wildman–Crippen MR) is 88.9 cm³/mol. The van der Waals surface area contributed by atoms with E-state index in [-0.39, 0.29) is 22.7 Å². The van der Waals surface area contributed by atoms with E-state index < -0.39 is 30.2 Å². The first-order valence-corrected chi connectivity index (χ1v) is 7.30. The van der Waals surface area contributed by atoms with Gasteiger partial charge in [-0.2, -0.15) is 8.78 Å². The van der Waals surface area contributed by atoms with E-state index in [1.807, 2.05) is 0 Å². The number of ether oxygens (including phenoxy) is 1. The third-order valence-corrected chi connectivity index (χ3v) is 3.41. The van der Waals surface area contributed by atoms with Crippen molar-refractivity contribution in [3.05, 3.63) is 53.6 Å². The molecule has 2 amide bonds. The molecule has 0 unspecified atom stereocenters. The number of aromatic carboxylic acids is 1. The molecule has 9 heteroatoms. The number of benzene rings is 2. The first-order valence-electron chi connectivity index (χ1n) is 7.30. The van der Waals surface area contributed by atoms with Crippen LogP contribution in [0.3, 0.4) is 0 Å². The van der Waals surface area contributed by atoms with Crippen LogP contribution in [-0.2, 0) is 5.92 Å². The molecule has 2 aromatic rings. The number of hydrogen-bond acceptors (Lipinski definition) is 3. The lowest BCUT2D eigenvalue weighted by Crippen LogP contribution is -2.21. The minimum atomic E-state index is -3.70. The van der Waals surface area contributed by atoms with Gasteiger partial charge in [0.1, 0.15) is 5.75 Å². The van der Waals surface area contributed by atoms with E-state index in [0.717, 1.165) is 12.1 Å². The van der Waals surface area contributed by atoms with E-state index in [4.69, 9.17) is 9.84 Å². The molecule has 0 saturated heterocycles. The van der Waals surface area contributed by atoms with Gasteiger partial charge in [0.2, 0.25) is 0 Å². The number of halogens is 3. The summed E-state index contributed by atoms with van der Waals surface area (Å²) in [4.78, 5) is 23.0. The van der Waals surface area contributed by atoms with Crippen molar-refractivity contribution in [1.82, 2.24) is 0 Å². The topological polar surface area (TPSA) is 87.7 Å². The van der Waals surface area contributed by atoms with Crippen LogP contribution >= 0.6 is 0 Å². The molecule has 0 atom stereocenters. The number of alkyl halides is 3. The van der Waals surface area contributed by atoms with Gasteiger partial charge in [0.15, 0.2) is 6.67 Å². The SMILES string of the molecule is COc1ccc(C(F)(F)CF)cc1NC(=O)Nc1cccc(C(=O)O)c1. The molecule has 2 rings (SSSR count). The van der Waals surface area contributed by atoms with Crippen LogP contribution in [0.4, 0.5) is 29.3 Å². The third-order valence-electron chi connectivity index (χ3n) is 3.41. The minimum Gasteiger partial charge on any atom is -0.495 e. The van der Waals surface area contributed by atoms with Crippen molar-refractivity contribution in [3.8, 4) is 5.75 Å². The van der Waals surface area contributed by atoms with E-state index >= 15 is 0 Å². The first-order chi connectivity index (χ1) is 12.3. The zero-order valence-electron chi connectivity index (χ0n) is 13.6. The Labute approximate surface area is 146 Å². The summed E-state index contributed by atoms with van der Waals surface area (Å²) in [7, 11) is 1.28.